The van der Waals surface area contributed by atoms with Crippen LogP contribution >= 0.6 is 0 Å². The first-order chi connectivity index (χ1) is 12.3. The van der Waals surface area contributed by atoms with Gasteiger partial charge in [-0.1, -0.05) is 6.07 Å². The van der Waals surface area contributed by atoms with E-state index in [1.807, 2.05) is 12.1 Å². The van der Waals surface area contributed by atoms with E-state index in [9.17, 15) is 14.9 Å². The van der Waals surface area contributed by atoms with Gasteiger partial charge >= 0.3 is 0 Å². The number of methoxy groups -OCH3 is 1. The molecule has 0 saturated heterocycles. The number of nitro benzene ring substituents is 1. The molecule has 2 heterocycles. The molecule has 2 aromatic carbocycles. The summed E-state index contributed by atoms with van der Waals surface area (Å²) in [6.07, 6.45) is 0. The maximum Gasteiger partial charge on any atom is 0.276 e. The van der Waals surface area contributed by atoms with Crippen molar-refractivity contribution in [3.05, 3.63) is 46.0 Å². The molecule has 0 spiro atoms. The van der Waals surface area contributed by atoms with Crippen molar-refractivity contribution in [2.45, 2.75) is 26.0 Å². The highest BCUT2D eigenvalue weighted by Gasteiger charge is 2.44. The fourth-order valence-electron chi connectivity index (χ4n) is 3.38. The topological polar surface area (TPSA) is 93.9 Å². The second-order valence-electron chi connectivity index (χ2n) is 6.75. The molecule has 134 valence electrons. The van der Waals surface area contributed by atoms with E-state index >= 15 is 0 Å². The molecule has 8 nitrogen and oxygen atoms in total. The molecule has 0 fully saturated rings. The van der Waals surface area contributed by atoms with Gasteiger partial charge in [0.05, 0.1) is 23.8 Å². The average Bonchev–Trinajstić information content (AvgIpc) is 3.05. The summed E-state index contributed by atoms with van der Waals surface area (Å²) in [6, 6.07) is 8.26. The smallest absolute Gasteiger partial charge is 0.276 e. The Kier molecular flexibility index (Phi) is 3.42. The van der Waals surface area contributed by atoms with Crippen LogP contribution in [0.4, 0.5) is 17.1 Å². The highest BCUT2D eigenvalue weighted by atomic mass is 16.7. The van der Waals surface area contributed by atoms with Crippen LogP contribution in [0, 0.1) is 10.1 Å². The minimum Gasteiger partial charge on any atom is -0.496 e. The number of hydrogen-bond donors (Lipinski definition) is 1. The number of nitrogens with one attached hydrogen (secondary N) is 1. The number of hydroxylamine groups is 1. The number of ether oxygens (including phenoxy) is 1. The van der Waals surface area contributed by atoms with Crippen LogP contribution in [-0.2, 0) is 16.2 Å². The molecule has 1 amide bonds. The normalized spacial score (nSPS) is 16.9. The van der Waals surface area contributed by atoms with Crippen LogP contribution in [0.15, 0.2) is 30.3 Å². The van der Waals surface area contributed by atoms with Gasteiger partial charge in [0.1, 0.15) is 23.6 Å². The highest BCUT2D eigenvalue weighted by Crippen LogP contribution is 2.48. The number of hydrogen-bond acceptors (Lipinski definition) is 6. The highest BCUT2D eigenvalue weighted by molar-refractivity contribution is 6.08. The summed E-state index contributed by atoms with van der Waals surface area (Å²) >= 11 is 0. The largest absolute Gasteiger partial charge is 0.496 e. The molecule has 2 aromatic rings. The van der Waals surface area contributed by atoms with E-state index in [1.54, 1.807) is 19.9 Å². The minimum absolute atomic E-state index is 0.0450. The van der Waals surface area contributed by atoms with Gasteiger partial charge in [-0.15, -0.1) is 0 Å². The van der Waals surface area contributed by atoms with Crippen molar-refractivity contribution in [2.24, 2.45) is 0 Å². The molecule has 4 rings (SSSR count). The first kappa shape index (κ1) is 16.3. The Labute approximate surface area is 149 Å². The fourth-order valence-corrected chi connectivity index (χ4v) is 3.38. The monoisotopic (exact) mass is 355 g/mol. The maximum atomic E-state index is 12.6. The lowest BCUT2D eigenvalue weighted by Crippen LogP contribution is -2.52. The Hall–Kier alpha value is -3.13. The quantitative estimate of drug-likeness (QED) is 0.671. The van der Waals surface area contributed by atoms with Gasteiger partial charge in [0.15, 0.2) is 0 Å². The molecular formula is C18H17N3O5. The van der Waals surface area contributed by atoms with Crippen molar-refractivity contribution in [2.75, 3.05) is 17.5 Å². The van der Waals surface area contributed by atoms with Gasteiger partial charge in [-0.2, -0.15) is 5.06 Å². The Balaban J connectivity index is 1.89. The number of carbonyl (C=O) groups excluding carboxylic acids is 1. The Morgan fingerprint density at radius 2 is 2.00 bits per heavy atom. The summed E-state index contributed by atoms with van der Waals surface area (Å²) in [6.45, 7) is 3.84. The SMILES string of the molecule is COc1cc([N+](=O)[O-])ccc1-c1ccc2c3c1CON3C(=O)C(C)(C)N2. The third kappa shape index (κ3) is 2.22. The van der Waals surface area contributed by atoms with Crippen LogP contribution in [0.25, 0.3) is 11.1 Å². The van der Waals surface area contributed by atoms with Gasteiger partial charge < -0.3 is 10.1 Å². The number of rotatable bonds is 3. The molecule has 2 aliphatic rings. The Bertz CT molecular complexity index is 954. The van der Waals surface area contributed by atoms with E-state index in [0.29, 0.717) is 17.0 Å². The van der Waals surface area contributed by atoms with E-state index in [-0.39, 0.29) is 18.2 Å². The van der Waals surface area contributed by atoms with Gasteiger partial charge in [-0.25, -0.2) is 0 Å². The minimum atomic E-state index is -0.763. The van der Waals surface area contributed by atoms with Crippen LogP contribution in [0.2, 0.25) is 0 Å². The summed E-state index contributed by atoms with van der Waals surface area (Å²) in [5.74, 6) is 0.223. The van der Waals surface area contributed by atoms with Gasteiger partial charge in [0, 0.05) is 17.2 Å². The molecule has 1 N–H and O–H groups in total. The number of anilines is 2. The first-order valence-electron chi connectivity index (χ1n) is 8.08. The second kappa shape index (κ2) is 5.43. The zero-order chi connectivity index (χ0) is 18.6. The van der Waals surface area contributed by atoms with Crippen molar-refractivity contribution in [1.29, 1.82) is 0 Å². The Morgan fingerprint density at radius 3 is 2.69 bits per heavy atom. The standard InChI is InChI=1S/C18H17N3O5/c1-18(2)17(22)20-16-13(9-26-20)11(6-7-14(16)19-18)12-5-4-10(21(23)24)8-15(12)25-3/h4-8,19H,9H2,1-3H3. The number of benzene rings is 2. The zero-order valence-electron chi connectivity index (χ0n) is 14.5. The molecule has 0 aliphatic carbocycles. The van der Waals surface area contributed by atoms with Crippen molar-refractivity contribution in [1.82, 2.24) is 0 Å². The third-order valence-corrected chi connectivity index (χ3v) is 4.68. The number of nitro groups is 1. The van der Waals surface area contributed by atoms with E-state index in [0.717, 1.165) is 16.8 Å². The van der Waals surface area contributed by atoms with E-state index in [1.165, 1.54) is 24.3 Å². The van der Waals surface area contributed by atoms with Crippen LogP contribution in [0.3, 0.4) is 0 Å². The van der Waals surface area contributed by atoms with Gasteiger partial charge in [-0.3, -0.25) is 19.7 Å². The van der Waals surface area contributed by atoms with Crippen LogP contribution < -0.4 is 15.1 Å². The van der Waals surface area contributed by atoms with E-state index in [4.69, 9.17) is 9.57 Å². The predicted molar refractivity (Wildman–Crippen MR) is 95.1 cm³/mol. The van der Waals surface area contributed by atoms with Crippen LogP contribution in [0.1, 0.15) is 19.4 Å². The molecule has 0 unspecified atom stereocenters. The lowest BCUT2D eigenvalue weighted by Gasteiger charge is -2.36. The lowest BCUT2D eigenvalue weighted by atomic mass is 9.93. The van der Waals surface area contributed by atoms with Crippen molar-refractivity contribution in [3.8, 4) is 16.9 Å². The van der Waals surface area contributed by atoms with Crippen molar-refractivity contribution < 1.29 is 19.3 Å². The molecule has 0 bridgehead atoms. The van der Waals surface area contributed by atoms with E-state index < -0.39 is 10.5 Å². The third-order valence-electron chi connectivity index (χ3n) is 4.68. The first-order valence-corrected chi connectivity index (χ1v) is 8.08. The lowest BCUT2D eigenvalue weighted by molar-refractivity contribution is -0.384. The van der Waals surface area contributed by atoms with Gasteiger partial charge in [0.25, 0.3) is 11.6 Å². The summed E-state index contributed by atoms with van der Waals surface area (Å²) in [5, 5.41) is 15.6. The zero-order valence-corrected chi connectivity index (χ0v) is 14.5. The summed E-state index contributed by atoms with van der Waals surface area (Å²) < 4.78 is 5.36. The molecule has 2 aliphatic heterocycles. The maximum absolute atomic E-state index is 12.6. The molecule has 0 aromatic heterocycles. The molecule has 26 heavy (non-hydrogen) atoms. The number of non-ortho nitro benzene ring substituents is 1. The number of amides is 1. The summed E-state index contributed by atoms with van der Waals surface area (Å²) in [5.41, 5.74) is 3.05. The van der Waals surface area contributed by atoms with Crippen LogP contribution in [0.5, 0.6) is 5.75 Å². The van der Waals surface area contributed by atoms with Crippen molar-refractivity contribution in [3.63, 3.8) is 0 Å². The fraction of sp³-hybridized carbons (Fsp3) is 0.278. The van der Waals surface area contributed by atoms with E-state index in [2.05, 4.69) is 5.32 Å². The molecule has 0 saturated carbocycles. The predicted octanol–water partition coefficient (Wildman–Crippen LogP) is 3.25. The number of carbonyl (C=O) groups is 1. The molecule has 8 heteroatoms. The summed E-state index contributed by atoms with van der Waals surface area (Å²) in [4.78, 5) is 28.8. The Morgan fingerprint density at radius 1 is 1.27 bits per heavy atom. The molecule has 0 atom stereocenters. The van der Waals surface area contributed by atoms with Gasteiger partial charge in [-0.05, 0) is 31.5 Å². The van der Waals surface area contributed by atoms with Crippen LogP contribution in [-0.4, -0.2) is 23.5 Å². The van der Waals surface area contributed by atoms with Crippen molar-refractivity contribution >= 4 is 23.0 Å². The van der Waals surface area contributed by atoms with Gasteiger partial charge in [0.2, 0.25) is 0 Å². The molecular weight excluding hydrogens is 338 g/mol. The summed E-state index contributed by atoms with van der Waals surface area (Å²) in [7, 11) is 1.47. The average molecular weight is 355 g/mol. The second-order valence-corrected chi connectivity index (χ2v) is 6.75. The molecule has 0 radical (unpaired) electrons. The number of nitrogens with zero attached hydrogens (tertiary/aromatic N) is 2.